The van der Waals surface area contributed by atoms with Gasteiger partial charge in [0.15, 0.2) is 0 Å². The van der Waals surface area contributed by atoms with Crippen molar-refractivity contribution in [1.82, 2.24) is 14.8 Å². The van der Waals surface area contributed by atoms with Crippen LogP contribution in [0.3, 0.4) is 0 Å². The number of likely N-dealkylation sites (N-methyl/N-ethyl adjacent to an activating group) is 2. The maximum Gasteiger partial charge on any atom is 0.239 e. The molecule has 1 saturated heterocycles. The van der Waals surface area contributed by atoms with E-state index in [0.29, 0.717) is 6.54 Å². The Kier molecular flexibility index (Phi) is 5.53. The number of benzene rings is 1. The van der Waals surface area contributed by atoms with Gasteiger partial charge in [0.05, 0.1) is 13.2 Å². The predicted octanol–water partition coefficient (Wildman–Crippen LogP) is 3.08. The van der Waals surface area contributed by atoms with Crippen LogP contribution < -0.4 is 4.74 Å². The summed E-state index contributed by atoms with van der Waals surface area (Å²) in [6.07, 6.45) is 6.24. The van der Waals surface area contributed by atoms with Crippen LogP contribution in [0.5, 0.6) is 5.75 Å². The molecule has 134 valence electrons. The van der Waals surface area contributed by atoms with Gasteiger partial charge in [-0.05, 0) is 44.1 Å². The molecule has 0 N–H and O–H groups in total. The molecule has 0 saturated carbocycles. The molecule has 1 aliphatic rings. The summed E-state index contributed by atoms with van der Waals surface area (Å²) >= 11 is 0. The highest BCUT2D eigenvalue weighted by atomic mass is 16.5. The third-order valence-corrected chi connectivity index (χ3v) is 5.13. The number of hydrogen-bond acceptors (Lipinski definition) is 4. The molecule has 1 aromatic carbocycles. The zero-order valence-corrected chi connectivity index (χ0v) is 15.4. The number of rotatable bonds is 4. The van der Waals surface area contributed by atoms with E-state index >= 15 is 0 Å². The van der Waals surface area contributed by atoms with Crippen LogP contribution in [0.4, 0.5) is 0 Å². The van der Waals surface area contributed by atoms with Crippen LogP contribution in [0.2, 0.25) is 0 Å². The molecule has 0 aliphatic carbocycles. The van der Waals surface area contributed by atoms with Gasteiger partial charge >= 0.3 is 0 Å². The molecule has 1 atom stereocenters. The van der Waals surface area contributed by atoms with Crippen molar-refractivity contribution in [1.29, 1.82) is 0 Å². The minimum Gasteiger partial charge on any atom is -0.494 e. The van der Waals surface area contributed by atoms with Gasteiger partial charge in [-0.1, -0.05) is 25.0 Å². The standard InChI is InChI=1S/C20H27N3O2/c1-22-13-6-4-5-9-17(22)20(24)23(2)14-15-10-11-18(25-3)19-16(15)8-7-12-21-19/h7-8,10-12,17H,4-6,9,13-14H2,1-3H3/t17-/m0/s1. The summed E-state index contributed by atoms with van der Waals surface area (Å²) < 4.78 is 5.41. The van der Waals surface area contributed by atoms with Crippen LogP contribution in [0.15, 0.2) is 30.5 Å². The van der Waals surface area contributed by atoms with E-state index in [9.17, 15) is 4.79 Å². The van der Waals surface area contributed by atoms with Crippen molar-refractivity contribution in [3.63, 3.8) is 0 Å². The van der Waals surface area contributed by atoms with E-state index in [2.05, 4.69) is 16.9 Å². The average molecular weight is 341 g/mol. The van der Waals surface area contributed by atoms with Gasteiger partial charge in [-0.3, -0.25) is 14.7 Å². The van der Waals surface area contributed by atoms with Gasteiger partial charge in [0, 0.05) is 25.2 Å². The Bertz CT molecular complexity index is 747. The molecule has 0 spiro atoms. The van der Waals surface area contributed by atoms with Crippen LogP contribution in [0, 0.1) is 0 Å². The highest BCUT2D eigenvalue weighted by Gasteiger charge is 2.27. The molecule has 5 nitrogen and oxygen atoms in total. The molecule has 3 rings (SSSR count). The minimum atomic E-state index is -0.00450. The van der Waals surface area contributed by atoms with Crippen molar-refractivity contribution in [2.75, 3.05) is 27.7 Å². The maximum atomic E-state index is 13.0. The summed E-state index contributed by atoms with van der Waals surface area (Å²) in [4.78, 5) is 21.5. The summed E-state index contributed by atoms with van der Waals surface area (Å²) in [7, 11) is 5.61. The topological polar surface area (TPSA) is 45.7 Å². The second-order valence-electron chi connectivity index (χ2n) is 6.87. The lowest BCUT2D eigenvalue weighted by Crippen LogP contribution is -2.45. The van der Waals surface area contributed by atoms with E-state index < -0.39 is 0 Å². The summed E-state index contributed by atoms with van der Waals surface area (Å²) in [5.41, 5.74) is 1.94. The maximum absolute atomic E-state index is 13.0. The molecule has 25 heavy (non-hydrogen) atoms. The van der Waals surface area contributed by atoms with Gasteiger partial charge in [0.25, 0.3) is 0 Å². The highest BCUT2D eigenvalue weighted by molar-refractivity contribution is 5.88. The molecule has 2 aromatic rings. The molecule has 1 aromatic heterocycles. The molecule has 2 heterocycles. The Balaban J connectivity index is 1.82. The summed E-state index contributed by atoms with van der Waals surface area (Å²) in [5.74, 6) is 0.967. The lowest BCUT2D eigenvalue weighted by molar-refractivity contribution is -0.135. The third-order valence-electron chi connectivity index (χ3n) is 5.13. The van der Waals surface area contributed by atoms with Gasteiger partial charge in [-0.15, -0.1) is 0 Å². The number of methoxy groups -OCH3 is 1. The lowest BCUT2D eigenvalue weighted by atomic mass is 10.1. The first-order valence-electron chi connectivity index (χ1n) is 8.97. The largest absolute Gasteiger partial charge is 0.494 e. The molecule has 1 aliphatic heterocycles. The van der Waals surface area contributed by atoms with E-state index in [1.807, 2.05) is 36.2 Å². The summed E-state index contributed by atoms with van der Waals surface area (Å²) in [5, 5.41) is 1.04. The van der Waals surface area contributed by atoms with Crippen molar-refractivity contribution in [3.8, 4) is 5.75 Å². The summed E-state index contributed by atoms with van der Waals surface area (Å²) in [6.45, 7) is 1.58. The molecular formula is C20H27N3O2. The second kappa shape index (κ2) is 7.83. The number of ether oxygens (including phenoxy) is 1. The van der Waals surface area contributed by atoms with Crippen LogP contribution in [0.25, 0.3) is 10.9 Å². The Morgan fingerprint density at radius 2 is 2.16 bits per heavy atom. The van der Waals surface area contributed by atoms with Gasteiger partial charge in [0.1, 0.15) is 11.3 Å². The lowest BCUT2D eigenvalue weighted by Gasteiger charge is -2.29. The molecule has 0 unspecified atom stereocenters. The van der Waals surface area contributed by atoms with Crippen molar-refractivity contribution in [2.24, 2.45) is 0 Å². The van der Waals surface area contributed by atoms with Crippen molar-refractivity contribution in [2.45, 2.75) is 38.3 Å². The predicted molar refractivity (Wildman–Crippen MR) is 99.7 cm³/mol. The van der Waals surface area contributed by atoms with Gasteiger partial charge in [-0.25, -0.2) is 0 Å². The smallest absolute Gasteiger partial charge is 0.239 e. The quantitative estimate of drug-likeness (QED) is 0.857. The molecule has 1 fully saturated rings. The molecular weight excluding hydrogens is 314 g/mol. The van der Waals surface area contributed by atoms with Crippen molar-refractivity contribution < 1.29 is 9.53 Å². The van der Waals surface area contributed by atoms with E-state index in [1.54, 1.807) is 13.3 Å². The van der Waals surface area contributed by atoms with Crippen LogP contribution in [0.1, 0.15) is 31.2 Å². The highest BCUT2D eigenvalue weighted by Crippen LogP contribution is 2.27. The fourth-order valence-corrected chi connectivity index (χ4v) is 3.66. The van der Waals surface area contributed by atoms with Crippen molar-refractivity contribution in [3.05, 3.63) is 36.0 Å². The van der Waals surface area contributed by atoms with Crippen LogP contribution in [-0.4, -0.2) is 54.5 Å². The number of nitrogens with zero attached hydrogens (tertiary/aromatic N) is 3. The van der Waals surface area contributed by atoms with E-state index in [1.165, 1.54) is 12.8 Å². The van der Waals surface area contributed by atoms with Gasteiger partial charge in [0.2, 0.25) is 5.91 Å². The number of carbonyl (C=O) groups excluding carboxylic acids is 1. The van der Waals surface area contributed by atoms with Crippen molar-refractivity contribution >= 4 is 16.8 Å². The number of fused-ring (bicyclic) bond motifs is 1. The zero-order valence-electron chi connectivity index (χ0n) is 15.4. The first-order valence-corrected chi connectivity index (χ1v) is 8.97. The normalized spacial score (nSPS) is 18.8. The number of pyridine rings is 1. The summed E-state index contributed by atoms with van der Waals surface area (Å²) in [6, 6.07) is 7.92. The van der Waals surface area contributed by atoms with E-state index in [4.69, 9.17) is 4.74 Å². The number of aromatic nitrogens is 1. The SMILES string of the molecule is COc1ccc(CN(C)C(=O)[C@@H]2CCCCCN2C)c2cccnc12. The second-order valence-corrected chi connectivity index (χ2v) is 6.87. The molecule has 1 amide bonds. The van der Waals surface area contributed by atoms with E-state index in [-0.39, 0.29) is 11.9 Å². The molecule has 5 heteroatoms. The Labute approximate surface area is 149 Å². The van der Waals surface area contributed by atoms with E-state index in [0.717, 1.165) is 41.6 Å². The fraction of sp³-hybridized carbons (Fsp3) is 0.500. The number of carbonyl (C=O) groups is 1. The molecule has 0 radical (unpaired) electrons. The average Bonchev–Trinajstić information content (AvgIpc) is 2.85. The Morgan fingerprint density at radius 3 is 2.96 bits per heavy atom. The first kappa shape index (κ1) is 17.7. The monoisotopic (exact) mass is 341 g/mol. The van der Waals surface area contributed by atoms with Gasteiger partial charge in [-0.2, -0.15) is 0 Å². The Morgan fingerprint density at radius 1 is 1.32 bits per heavy atom. The number of likely N-dealkylation sites (tertiary alicyclic amines) is 1. The fourth-order valence-electron chi connectivity index (χ4n) is 3.66. The van der Waals surface area contributed by atoms with Gasteiger partial charge < -0.3 is 9.64 Å². The minimum absolute atomic E-state index is 0.00450. The molecule has 0 bridgehead atoms. The van der Waals surface area contributed by atoms with Crippen LogP contribution >= 0.6 is 0 Å². The Hall–Kier alpha value is -2.14. The number of hydrogen-bond donors (Lipinski definition) is 0. The zero-order chi connectivity index (χ0) is 17.8. The number of amides is 1. The first-order chi connectivity index (χ1) is 12.1. The third kappa shape index (κ3) is 3.76. The van der Waals surface area contributed by atoms with Crippen LogP contribution in [-0.2, 0) is 11.3 Å².